The van der Waals surface area contributed by atoms with Gasteiger partial charge in [-0.1, -0.05) is 36.4 Å². The Kier molecular flexibility index (Phi) is 5.58. The monoisotopic (exact) mass is 374 g/mol. The van der Waals surface area contributed by atoms with E-state index >= 15 is 0 Å². The van der Waals surface area contributed by atoms with Crippen LogP contribution in [0, 0.1) is 6.92 Å². The molecule has 0 bridgehead atoms. The molecule has 1 heterocycles. The van der Waals surface area contributed by atoms with E-state index in [4.69, 9.17) is 9.47 Å². The van der Waals surface area contributed by atoms with E-state index in [1.807, 2.05) is 48.2 Å². The van der Waals surface area contributed by atoms with E-state index in [2.05, 4.69) is 4.40 Å². The number of nitrogens with zero attached hydrogens (tertiary/aromatic N) is 2. The van der Waals surface area contributed by atoms with Gasteiger partial charge >= 0.3 is 0 Å². The number of methoxy groups -OCH3 is 1. The van der Waals surface area contributed by atoms with Crippen molar-refractivity contribution in [2.75, 3.05) is 33.4 Å². The highest BCUT2D eigenvalue weighted by Gasteiger charge is 2.24. The number of hydrogen-bond donors (Lipinski definition) is 0. The van der Waals surface area contributed by atoms with E-state index in [0.717, 1.165) is 11.1 Å². The molecule has 7 heteroatoms. The Bertz CT molecular complexity index is 889. The first kappa shape index (κ1) is 18.4. The maximum Gasteiger partial charge on any atom is 0.287 e. The molecule has 0 amide bonds. The molecule has 0 N–H and O–H groups in total. The lowest BCUT2D eigenvalue weighted by Crippen LogP contribution is -2.41. The van der Waals surface area contributed by atoms with Crippen molar-refractivity contribution in [2.24, 2.45) is 4.40 Å². The molecule has 1 fully saturated rings. The van der Waals surface area contributed by atoms with Crippen LogP contribution in [0.25, 0.3) is 0 Å². The zero-order valence-electron chi connectivity index (χ0n) is 14.9. The summed E-state index contributed by atoms with van der Waals surface area (Å²) in [5.74, 6) is 0.714. The third-order valence-electron chi connectivity index (χ3n) is 4.15. The van der Waals surface area contributed by atoms with Gasteiger partial charge in [0.05, 0.1) is 20.3 Å². The van der Waals surface area contributed by atoms with E-state index < -0.39 is 10.0 Å². The molecule has 0 atom stereocenters. The Balaban J connectivity index is 2.11. The molecule has 0 radical (unpaired) electrons. The lowest BCUT2D eigenvalue weighted by Gasteiger charge is -2.29. The van der Waals surface area contributed by atoms with Crippen LogP contribution in [0.5, 0.6) is 5.75 Å². The quantitative estimate of drug-likeness (QED) is 0.607. The highest BCUT2D eigenvalue weighted by molar-refractivity contribution is 7.90. The highest BCUT2D eigenvalue weighted by Crippen LogP contribution is 2.27. The van der Waals surface area contributed by atoms with Crippen molar-refractivity contribution in [3.63, 3.8) is 0 Å². The first-order valence-electron chi connectivity index (χ1n) is 8.39. The zero-order chi connectivity index (χ0) is 18.6. The minimum absolute atomic E-state index is 0.0710. The van der Waals surface area contributed by atoms with Crippen LogP contribution in [-0.2, 0) is 14.8 Å². The number of sulfonamides is 1. The number of benzene rings is 2. The maximum atomic E-state index is 13.1. The average molecular weight is 374 g/mol. The smallest absolute Gasteiger partial charge is 0.287 e. The molecule has 0 spiro atoms. The zero-order valence-corrected chi connectivity index (χ0v) is 15.7. The molecular weight excluding hydrogens is 352 g/mol. The van der Waals surface area contributed by atoms with Crippen molar-refractivity contribution in [1.29, 1.82) is 0 Å². The van der Waals surface area contributed by atoms with Crippen molar-refractivity contribution in [1.82, 2.24) is 4.90 Å². The summed E-state index contributed by atoms with van der Waals surface area (Å²) in [6.07, 6.45) is 0. The fraction of sp³-hybridized carbons (Fsp3) is 0.316. The lowest BCUT2D eigenvalue weighted by molar-refractivity contribution is 0.0683. The van der Waals surface area contributed by atoms with Crippen molar-refractivity contribution in [2.45, 2.75) is 11.8 Å². The van der Waals surface area contributed by atoms with Crippen LogP contribution in [0.4, 0.5) is 0 Å². The van der Waals surface area contributed by atoms with Crippen LogP contribution < -0.4 is 4.74 Å². The van der Waals surface area contributed by atoms with E-state index in [9.17, 15) is 8.42 Å². The van der Waals surface area contributed by atoms with Crippen molar-refractivity contribution in [3.05, 3.63) is 59.7 Å². The van der Waals surface area contributed by atoms with Crippen LogP contribution in [0.1, 0.15) is 11.1 Å². The molecule has 0 saturated carbocycles. The Hall–Kier alpha value is -2.38. The molecule has 0 unspecified atom stereocenters. The van der Waals surface area contributed by atoms with Gasteiger partial charge in [-0.15, -0.1) is 4.40 Å². The molecule has 1 aliphatic rings. The molecule has 3 rings (SSSR count). The van der Waals surface area contributed by atoms with Gasteiger partial charge < -0.3 is 14.4 Å². The number of aryl methyl sites for hydroxylation is 1. The van der Waals surface area contributed by atoms with Gasteiger partial charge in [0, 0.05) is 18.7 Å². The van der Waals surface area contributed by atoms with Crippen LogP contribution in [0.3, 0.4) is 0 Å². The summed E-state index contributed by atoms with van der Waals surface area (Å²) in [4.78, 5) is 2.01. The van der Waals surface area contributed by atoms with Crippen LogP contribution in [0.15, 0.2) is 57.8 Å². The van der Waals surface area contributed by atoms with Gasteiger partial charge in [0.25, 0.3) is 10.0 Å². The topological polar surface area (TPSA) is 68.2 Å². The Morgan fingerprint density at radius 1 is 1.12 bits per heavy atom. The lowest BCUT2D eigenvalue weighted by atomic mass is 10.2. The fourth-order valence-electron chi connectivity index (χ4n) is 2.80. The van der Waals surface area contributed by atoms with Crippen molar-refractivity contribution < 1.29 is 17.9 Å². The second-order valence-electron chi connectivity index (χ2n) is 6.01. The van der Waals surface area contributed by atoms with Gasteiger partial charge in [-0.3, -0.25) is 0 Å². The third-order valence-corrected chi connectivity index (χ3v) is 5.43. The van der Waals surface area contributed by atoms with Gasteiger partial charge in [-0.2, -0.15) is 8.42 Å². The minimum atomic E-state index is -3.94. The predicted octanol–water partition coefficient (Wildman–Crippen LogP) is 2.47. The first-order chi connectivity index (χ1) is 12.5. The van der Waals surface area contributed by atoms with Crippen molar-refractivity contribution >= 4 is 15.9 Å². The van der Waals surface area contributed by atoms with Crippen LogP contribution in [-0.4, -0.2) is 52.6 Å². The predicted molar refractivity (Wildman–Crippen MR) is 100 cm³/mol. The molecule has 2 aromatic carbocycles. The maximum absolute atomic E-state index is 13.1. The van der Waals surface area contributed by atoms with Crippen LogP contribution >= 0.6 is 0 Å². The van der Waals surface area contributed by atoms with E-state index in [-0.39, 0.29) is 10.6 Å². The molecule has 0 aromatic heterocycles. The molecule has 1 saturated heterocycles. The summed E-state index contributed by atoms with van der Waals surface area (Å²) in [6.45, 7) is 4.10. The van der Waals surface area contributed by atoms with E-state index in [0.29, 0.717) is 32.1 Å². The molecule has 2 aromatic rings. The summed E-state index contributed by atoms with van der Waals surface area (Å²) in [5, 5.41) is 0. The molecule has 1 aliphatic heterocycles. The number of hydrogen-bond acceptors (Lipinski definition) is 4. The summed E-state index contributed by atoms with van der Waals surface area (Å²) >= 11 is 0. The fourth-order valence-corrected chi connectivity index (χ4v) is 4.09. The molecule has 138 valence electrons. The average Bonchev–Trinajstić information content (AvgIpc) is 2.67. The molecule has 6 nitrogen and oxygen atoms in total. The summed E-state index contributed by atoms with van der Waals surface area (Å²) in [7, 11) is -2.49. The minimum Gasteiger partial charge on any atom is -0.495 e. The number of ether oxygens (including phenoxy) is 2. The number of rotatable bonds is 4. The van der Waals surface area contributed by atoms with Crippen molar-refractivity contribution in [3.8, 4) is 5.75 Å². The van der Waals surface area contributed by atoms with Gasteiger partial charge in [-0.05, 0) is 24.6 Å². The van der Waals surface area contributed by atoms with Gasteiger partial charge in [0.2, 0.25) is 0 Å². The van der Waals surface area contributed by atoms with E-state index in [1.165, 1.54) is 7.11 Å². The Morgan fingerprint density at radius 2 is 1.81 bits per heavy atom. The molecule has 0 aliphatic carbocycles. The molecule has 26 heavy (non-hydrogen) atoms. The second kappa shape index (κ2) is 7.88. The second-order valence-corrected chi connectivity index (χ2v) is 7.58. The normalized spacial score (nSPS) is 15.8. The summed E-state index contributed by atoms with van der Waals surface area (Å²) in [6, 6.07) is 14.4. The summed E-state index contributed by atoms with van der Waals surface area (Å²) in [5.41, 5.74) is 1.58. The van der Waals surface area contributed by atoms with E-state index in [1.54, 1.807) is 12.1 Å². The largest absolute Gasteiger partial charge is 0.495 e. The number of amidine groups is 1. The van der Waals surface area contributed by atoms with Gasteiger partial charge in [0.15, 0.2) is 0 Å². The Labute approximate surface area is 154 Å². The third kappa shape index (κ3) is 4.05. The van der Waals surface area contributed by atoms with Gasteiger partial charge in [-0.25, -0.2) is 0 Å². The van der Waals surface area contributed by atoms with Crippen LogP contribution in [0.2, 0.25) is 0 Å². The molecular formula is C19H22N2O4S. The SMILES string of the molecule is COc1ccc(C)cc1S(=O)(=O)/N=C(\c1ccccc1)N1CCOCC1. The highest BCUT2D eigenvalue weighted by atomic mass is 32.2. The Morgan fingerprint density at radius 3 is 2.46 bits per heavy atom. The van der Waals surface area contributed by atoms with Gasteiger partial charge in [0.1, 0.15) is 16.5 Å². The first-order valence-corrected chi connectivity index (χ1v) is 9.83. The standard InChI is InChI=1S/C19H22N2O4S/c1-15-8-9-17(24-2)18(14-15)26(22,23)20-19(16-6-4-3-5-7-16)21-10-12-25-13-11-21/h3-9,14H,10-13H2,1-2H3/b20-19+. The summed E-state index contributed by atoms with van der Waals surface area (Å²) < 4.78 is 41.0. The number of morpholine rings is 1.